The van der Waals surface area contributed by atoms with Crippen LogP contribution in [0.15, 0.2) is 76.3 Å². The number of carbonyl (C=O) groups excluding carboxylic acids is 1. The summed E-state index contributed by atoms with van der Waals surface area (Å²) >= 11 is 0. The van der Waals surface area contributed by atoms with Gasteiger partial charge < -0.3 is 23.9 Å². The predicted octanol–water partition coefficient (Wildman–Crippen LogP) is 1.09. The van der Waals surface area contributed by atoms with Crippen molar-refractivity contribution in [1.29, 1.82) is 0 Å². The van der Waals surface area contributed by atoms with Crippen LogP contribution in [-0.4, -0.2) is 24.9 Å². The average molecular weight is 439 g/mol. The Hall–Kier alpha value is -2.80. The molecule has 0 aliphatic rings. The summed E-state index contributed by atoms with van der Waals surface area (Å²) in [4.78, 5) is 16.2. The van der Waals surface area contributed by atoms with Crippen LogP contribution < -0.4 is 39.4 Å². The summed E-state index contributed by atoms with van der Waals surface area (Å²) in [5.41, 5.74) is 4.16. The average Bonchev–Trinajstić information content (AvgIpc) is 3.14. The van der Waals surface area contributed by atoms with E-state index in [0.717, 1.165) is 33.2 Å². The molecule has 0 saturated carbocycles. The Labute approximate surface area is 208 Å². The van der Waals surface area contributed by atoms with Crippen LogP contribution in [0.2, 0.25) is 0 Å². The normalized spacial score (nSPS) is 11.3. The van der Waals surface area contributed by atoms with Gasteiger partial charge in [-0.25, -0.2) is 0 Å². The number of fused-ring (bicyclic) bond motifs is 3. The molecule has 4 rings (SSSR count). The maximum atomic E-state index is 10.7. The van der Waals surface area contributed by atoms with Gasteiger partial charge in [0.1, 0.15) is 23.5 Å². The summed E-state index contributed by atoms with van der Waals surface area (Å²) < 4.78 is 11.5. The second-order valence-corrected chi connectivity index (χ2v) is 7.08. The van der Waals surface area contributed by atoms with Crippen molar-refractivity contribution in [2.75, 3.05) is 13.2 Å². The predicted molar refractivity (Wildman–Crippen MR) is 117 cm³/mol. The second-order valence-electron chi connectivity index (χ2n) is 7.08. The third-order valence-electron chi connectivity index (χ3n) is 4.91. The molecule has 4 aromatic rings. The van der Waals surface area contributed by atoms with Crippen LogP contribution in [0, 0.1) is 0 Å². The van der Waals surface area contributed by atoms with Crippen molar-refractivity contribution in [3.63, 3.8) is 0 Å². The standard InChI is InChI=1S/C25H23NO5.Na/c1-2-22(18-10-11-24-21(16-18)20-8-3-4-9-23(20)31-24)26-30-13-12-29-19-7-5-6-17(14-19)15-25(27)28;/h3-11,14,16H,2,12-13,15H2,1H3,(H,27,28);/q;+1/p-1/b26-22+;. The number of nitrogens with zero attached hydrogens (tertiary/aromatic N) is 1. The van der Waals surface area contributed by atoms with Crippen LogP contribution >= 0.6 is 0 Å². The molecule has 0 amide bonds. The van der Waals surface area contributed by atoms with Crippen molar-refractivity contribution < 1.29 is 53.4 Å². The van der Waals surface area contributed by atoms with E-state index in [2.05, 4.69) is 11.2 Å². The topological polar surface area (TPSA) is 84.1 Å². The molecule has 0 fully saturated rings. The van der Waals surface area contributed by atoms with Crippen molar-refractivity contribution in [2.45, 2.75) is 19.8 Å². The maximum Gasteiger partial charge on any atom is 1.00 e. The maximum absolute atomic E-state index is 10.7. The molecule has 3 aromatic carbocycles. The van der Waals surface area contributed by atoms with E-state index in [4.69, 9.17) is 14.0 Å². The largest absolute Gasteiger partial charge is 1.00 e. The van der Waals surface area contributed by atoms with Crippen LogP contribution in [0.25, 0.3) is 21.9 Å². The Morgan fingerprint density at radius 1 is 0.969 bits per heavy atom. The van der Waals surface area contributed by atoms with Gasteiger partial charge in [0, 0.05) is 28.7 Å². The van der Waals surface area contributed by atoms with Gasteiger partial charge in [0.05, 0.1) is 5.71 Å². The van der Waals surface area contributed by atoms with Crippen LogP contribution in [0.5, 0.6) is 5.75 Å². The molecule has 158 valence electrons. The second kappa shape index (κ2) is 11.2. The first-order chi connectivity index (χ1) is 15.1. The molecule has 7 heteroatoms. The summed E-state index contributed by atoms with van der Waals surface area (Å²) in [6, 6.07) is 20.9. The van der Waals surface area contributed by atoms with E-state index in [1.807, 2.05) is 43.3 Å². The van der Waals surface area contributed by atoms with Gasteiger partial charge in [-0.3, -0.25) is 0 Å². The van der Waals surface area contributed by atoms with Crippen molar-refractivity contribution in [3.05, 3.63) is 77.9 Å². The molecule has 6 nitrogen and oxygen atoms in total. The molecule has 0 unspecified atom stereocenters. The third kappa shape index (κ3) is 5.71. The molecule has 1 aromatic heterocycles. The molecule has 0 atom stereocenters. The molecular weight excluding hydrogens is 417 g/mol. The van der Waals surface area contributed by atoms with Gasteiger partial charge in [0.2, 0.25) is 0 Å². The summed E-state index contributed by atoms with van der Waals surface area (Å²) in [6.45, 7) is 2.59. The zero-order chi connectivity index (χ0) is 21.6. The Bertz CT molecular complexity index is 1250. The molecule has 0 saturated heterocycles. The number of ether oxygens (including phenoxy) is 1. The molecule has 0 radical (unpaired) electrons. The number of rotatable bonds is 9. The summed E-state index contributed by atoms with van der Waals surface area (Å²) in [5.74, 6) is -0.539. The van der Waals surface area contributed by atoms with E-state index in [9.17, 15) is 9.90 Å². The number of benzene rings is 3. The fourth-order valence-corrected chi connectivity index (χ4v) is 3.46. The van der Waals surface area contributed by atoms with E-state index in [-0.39, 0.29) is 42.6 Å². The van der Waals surface area contributed by atoms with Crippen LogP contribution in [-0.2, 0) is 16.1 Å². The van der Waals surface area contributed by atoms with Crippen LogP contribution in [0.3, 0.4) is 0 Å². The smallest absolute Gasteiger partial charge is 0.550 e. The SMILES string of the molecule is CC/C(=N\OCCOc1cccc(CC(=O)[O-])c1)c1ccc2oc3ccccc3c2c1.[Na+]. The van der Waals surface area contributed by atoms with Gasteiger partial charge >= 0.3 is 29.6 Å². The molecule has 0 aliphatic carbocycles. The van der Waals surface area contributed by atoms with Crippen molar-refractivity contribution in [3.8, 4) is 5.75 Å². The van der Waals surface area contributed by atoms with Crippen molar-refractivity contribution in [2.24, 2.45) is 5.16 Å². The monoisotopic (exact) mass is 439 g/mol. The zero-order valence-electron chi connectivity index (χ0n) is 18.2. The summed E-state index contributed by atoms with van der Waals surface area (Å²) in [7, 11) is 0. The molecule has 1 heterocycles. The first-order valence-corrected chi connectivity index (χ1v) is 10.2. The molecule has 0 N–H and O–H groups in total. The minimum absolute atomic E-state index is 0. The third-order valence-corrected chi connectivity index (χ3v) is 4.91. The first-order valence-electron chi connectivity index (χ1n) is 10.2. The summed E-state index contributed by atoms with van der Waals surface area (Å²) in [6.07, 6.45) is 0.571. The van der Waals surface area contributed by atoms with Crippen molar-refractivity contribution in [1.82, 2.24) is 0 Å². The van der Waals surface area contributed by atoms with E-state index in [0.29, 0.717) is 24.3 Å². The van der Waals surface area contributed by atoms with Gasteiger partial charge in [0.25, 0.3) is 0 Å². The number of para-hydroxylation sites is 1. The molecule has 0 spiro atoms. The van der Waals surface area contributed by atoms with Crippen LogP contribution in [0.4, 0.5) is 0 Å². The Morgan fingerprint density at radius 3 is 2.59 bits per heavy atom. The van der Waals surface area contributed by atoms with Gasteiger partial charge in [-0.2, -0.15) is 0 Å². The fraction of sp³-hybridized carbons (Fsp3) is 0.200. The minimum Gasteiger partial charge on any atom is -0.550 e. The van der Waals surface area contributed by atoms with E-state index in [1.54, 1.807) is 24.3 Å². The van der Waals surface area contributed by atoms with Gasteiger partial charge in [-0.1, -0.05) is 42.4 Å². The number of carboxylic acids is 1. The zero-order valence-corrected chi connectivity index (χ0v) is 20.2. The number of hydrogen-bond donors (Lipinski definition) is 0. The van der Waals surface area contributed by atoms with Crippen molar-refractivity contribution >= 4 is 33.6 Å². The number of carboxylic acid groups (broad SMARTS) is 1. The number of oxime groups is 1. The number of carbonyl (C=O) groups is 1. The first kappa shape index (κ1) is 23.9. The fourth-order valence-electron chi connectivity index (χ4n) is 3.46. The van der Waals surface area contributed by atoms with E-state index in [1.165, 1.54) is 0 Å². The quantitative estimate of drug-likeness (QED) is 0.169. The Kier molecular flexibility index (Phi) is 8.33. The molecule has 0 bridgehead atoms. The summed E-state index contributed by atoms with van der Waals surface area (Å²) in [5, 5.41) is 17.1. The minimum atomic E-state index is -1.12. The molecule has 0 aliphatic heterocycles. The Morgan fingerprint density at radius 2 is 1.78 bits per heavy atom. The number of hydrogen-bond acceptors (Lipinski definition) is 6. The number of furan rings is 1. The van der Waals surface area contributed by atoms with E-state index < -0.39 is 5.97 Å². The van der Waals surface area contributed by atoms with Gasteiger partial charge in [-0.15, -0.1) is 0 Å². The van der Waals surface area contributed by atoms with E-state index >= 15 is 0 Å². The molecule has 32 heavy (non-hydrogen) atoms. The Balaban J connectivity index is 0.00000289. The molecular formula is C25H22NNaO5. The van der Waals surface area contributed by atoms with Crippen LogP contribution in [0.1, 0.15) is 24.5 Å². The number of aliphatic carboxylic acids is 1. The van der Waals surface area contributed by atoms with Gasteiger partial charge in [0.15, 0.2) is 6.61 Å². The van der Waals surface area contributed by atoms with Gasteiger partial charge in [-0.05, 0) is 48.4 Å².